The van der Waals surface area contributed by atoms with Gasteiger partial charge in [0.05, 0.1) is 44.9 Å². The van der Waals surface area contributed by atoms with Crippen molar-refractivity contribution >= 4 is 23.5 Å². The van der Waals surface area contributed by atoms with Crippen molar-refractivity contribution in [1.82, 2.24) is 9.38 Å². The van der Waals surface area contributed by atoms with Crippen LogP contribution in [0.5, 0.6) is 0 Å². The zero-order valence-electron chi connectivity index (χ0n) is 17.1. The second-order valence-electron chi connectivity index (χ2n) is 7.02. The van der Waals surface area contributed by atoms with E-state index in [1.54, 1.807) is 19.2 Å². The topological polar surface area (TPSA) is 92.1 Å². The van der Waals surface area contributed by atoms with E-state index in [9.17, 15) is 14.9 Å². The molecule has 2 aromatic rings. The van der Waals surface area contributed by atoms with Crippen LogP contribution in [0, 0.1) is 18.3 Å². The Balaban J connectivity index is 2.19. The minimum atomic E-state index is -0.741. The van der Waals surface area contributed by atoms with E-state index in [4.69, 9.17) is 9.72 Å². The van der Waals surface area contributed by atoms with Gasteiger partial charge in [0.1, 0.15) is 23.1 Å². The van der Waals surface area contributed by atoms with Crippen LogP contribution >= 0.6 is 0 Å². The molecule has 0 saturated carbocycles. The van der Waals surface area contributed by atoms with Crippen LogP contribution in [0.3, 0.4) is 0 Å². The van der Waals surface area contributed by atoms with E-state index < -0.39 is 5.97 Å². The summed E-state index contributed by atoms with van der Waals surface area (Å²) in [4.78, 5) is 33.7. The molecule has 1 aliphatic rings. The molecule has 1 saturated heterocycles. The summed E-state index contributed by atoms with van der Waals surface area (Å²) in [5.74, 6) is -0.230. The van der Waals surface area contributed by atoms with Gasteiger partial charge >= 0.3 is 5.97 Å². The smallest absolute Gasteiger partial charge is 0.348 e. The van der Waals surface area contributed by atoms with Gasteiger partial charge in [0.15, 0.2) is 0 Å². The fourth-order valence-corrected chi connectivity index (χ4v) is 3.55. The Morgan fingerprint density at radius 2 is 2.10 bits per heavy atom. The van der Waals surface area contributed by atoms with Gasteiger partial charge in [0.25, 0.3) is 5.56 Å². The number of anilines is 1. The zero-order valence-corrected chi connectivity index (χ0v) is 17.1. The summed E-state index contributed by atoms with van der Waals surface area (Å²) in [6.07, 6.45) is 2.96. The van der Waals surface area contributed by atoms with Gasteiger partial charge in [0, 0.05) is 6.20 Å². The lowest BCUT2D eigenvalue weighted by Gasteiger charge is -2.33. The monoisotopic (exact) mass is 396 g/mol. The number of fused-ring (bicyclic) bond motifs is 1. The zero-order chi connectivity index (χ0) is 21.0. The molecule has 152 valence electrons. The fraction of sp³-hybridized carbons (Fsp3) is 0.429. The lowest BCUT2D eigenvalue weighted by Crippen LogP contribution is -3.14. The molecular weight excluding hydrogens is 370 g/mol. The van der Waals surface area contributed by atoms with E-state index in [-0.39, 0.29) is 23.3 Å². The Kier molecular flexibility index (Phi) is 6.29. The number of nitrogens with zero attached hydrogens (tertiary/aromatic N) is 4. The highest BCUT2D eigenvalue weighted by Gasteiger charge is 2.25. The van der Waals surface area contributed by atoms with E-state index in [2.05, 4.69) is 11.8 Å². The molecule has 8 nitrogen and oxygen atoms in total. The number of carbonyl (C=O) groups is 1. The number of quaternary nitrogens is 1. The van der Waals surface area contributed by atoms with Crippen molar-refractivity contribution in [3.8, 4) is 6.07 Å². The Bertz CT molecular complexity index is 1040. The maximum Gasteiger partial charge on any atom is 0.348 e. The number of hydrogen-bond donors (Lipinski definition) is 1. The maximum atomic E-state index is 13.3. The predicted molar refractivity (Wildman–Crippen MR) is 110 cm³/mol. The highest BCUT2D eigenvalue weighted by molar-refractivity contribution is 5.98. The molecule has 0 unspecified atom stereocenters. The van der Waals surface area contributed by atoms with Crippen molar-refractivity contribution in [3.05, 3.63) is 45.4 Å². The SMILES string of the molecule is CCOC(=O)/C(C#N)=C/c1c(N2CC[NH+](CC)CC2)nc2c(C)cccn2c1=O. The summed E-state index contributed by atoms with van der Waals surface area (Å²) < 4.78 is 6.41. The molecule has 0 atom stereocenters. The average Bonchev–Trinajstić information content (AvgIpc) is 2.74. The van der Waals surface area contributed by atoms with Gasteiger partial charge in [-0.05, 0) is 38.5 Å². The molecule has 0 aromatic carbocycles. The third-order valence-electron chi connectivity index (χ3n) is 5.24. The number of esters is 1. The fourth-order valence-electron chi connectivity index (χ4n) is 3.55. The van der Waals surface area contributed by atoms with Gasteiger partial charge in [-0.25, -0.2) is 9.78 Å². The van der Waals surface area contributed by atoms with Gasteiger partial charge in [-0.15, -0.1) is 0 Å². The molecular formula is C21H26N5O3+. The third-order valence-corrected chi connectivity index (χ3v) is 5.24. The number of hydrogen-bond acceptors (Lipinski definition) is 6. The van der Waals surface area contributed by atoms with Crippen LogP contribution in [0.2, 0.25) is 0 Å². The molecule has 0 radical (unpaired) electrons. The number of aryl methyl sites for hydroxylation is 1. The lowest BCUT2D eigenvalue weighted by atomic mass is 10.1. The third kappa shape index (κ3) is 4.15. The van der Waals surface area contributed by atoms with E-state index in [1.807, 2.05) is 19.1 Å². The first-order chi connectivity index (χ1) is 14.0. The van der Waals surface area contributed by atoms with Gasteiger partial charge in [-0.3, -0.25) is 9.20 Å². The molecule has 1 aliphatic heterocycles. The van der Waals surface area contributed by atoms with E-state index in [1.165, 1.54) is 15.4 Å². The van der Waals surface area contributed by atoms with Crippen molar-refractivity contribution < 1.29 is 14.4 Å². The van der Waals surface area contributed by atoms with Crippen LogP contribution < -0.4 is 15.4 Å². The summed E-state index contributed by atoms with van der Waals surface area (Å²) in [6, 6.07) is 5.53. The number of aromatic nitrogens is 2. The Morgan fingerprint density at radius 3 is 2.72 bits per heavy atom. The highest BCUT2D eigenvalue weighted by atomic mass is 16.5. The van der Waals surface area contributed by atoms with Gasteiger partial charge < -0.3 is 14.5 Å². The molecule has 0 spiro atoms. The second-order valence-corrected chi connectivity index (χ2v) is 7.02. The number of likely N-dealkylation sites (N-methyl/N-ethyl adjacent to an activating group) is 1. The van der Waals surface area contributed by atoms with Crippen LogP contribution in [0.15, 0.2) is 28.7 Å². The summed E-state index contributed by atoms with van der Waals surface area (Å²) in [5, 5.41) is 9.44. The number of pyridine rings is 1. The summed E-state index contributed by atoms with van der Waals surface area (Å²) >= 11 is 0. The summed E-state index contributed by atoms with van der Waals surface area (Å²) in [7, 11) is 0. The molecule has 0 amide bonds. The van der Waals surface area contributed by atoms with Crippen LogP contribution in [0.4, 0.5) is 5.82 Å². The molecule has 0 aliphatic carbocycles. The van der Waals surface area contributed by atoms with Crippen molar-refractivity contribution in [1.29, 1.82) is 5.26 Å². The molecule has 1 N–H and O–H groups in total. The van der Waals surface area contributed by atoms with E-state index in [0.29, 0.717) is 11.5 Å². The van der Waals surface area contributed by atoms with Crippen molar-refractivity contribution in [2.24, 2.45) is 0 Å². The first kappa shape index (κ1) is 20.6. The van der Waals surface area contributed by atoms with Gasteiger partial charge in [-0.2, -0.15) is 5.26 Å². The summed E-state index contributed by atoms with van der Waals surface area (Å²) in [6.45, 7) is 10.3. The normalized spacial score (nSPS) is 15.4. The van der Waals surface area contributed by atoms with Crippen LogP contribution in [-0.4, -0.2) is 54.7 Å². The molecule has 8 heteroatoms. The Hall–Kier alpha value is -3.18. The number of ether oxygens (including phenoxy) is 1. The standard InChI is InChI=1S/C21H25N5O3/c1-4-24-9-11-25(12-10-24)19-17(13-16(14-22)21(28)29-5-2)20(27)26-8-6-7-15(3)18(26)23-19/h6-8,13H,4-5,9-12H2,1-3H3/p+1/b16-13+. The Labute approximate surface area is 169 Å². The highest BCUT2D eigenvalue weighted by Crippen LogP contribution is 2.20. The first-order valence-corrected chi connectivity index (χ1v) is 9.89. The van der Waals surface area contributed by atoms with Crippen LogP contribution in [0.25, 0.3) is 11.7 Å². The largest absolute Gasteiger partial charge is 0.462 e. The number of nitriles is 1. The molecule has 1 fully saturated rings. The second kappa shape index (κ2) is 8.88. The summed E-state index contributed by atoms with van der Waals surface area (Å²) in [5.41, 5.74) is 1.17. The molecule has 2 aromatic heterocycles. The van der Waals surface area contributed by atoms with Gasteiger partial charge in [0.2, 0.25) is 0 Å². The Morgan fingerprint density at radius 1 is 1.38 bits per heavy atom. The first-order valence-electron chi connectivity index (χ1n) is 9.89. The van der Waals surface area contributed by atoms with E-state index >= 15 is 0 Å². The molecule has 0 bridgehead atoms. The maximum absolute atomic E-state index is 13.3. The number of nitrogens with one attached hydrogen (secondary N) is 1. The predicted octanol–water partition coefficient (Wildman–Crippen LogP) is 0.198. The number of rotatable bonds is 5. The quantitative estimate of drug-likeness (QED) is 0.441. The molecule has 3 rings (SSSR count). The van der Waals surface area contributed by atoms with Crippen molar-refractivity contribution in [2.45, 2.75) is 20.8 Å². The van der Waals surface area contributed by atoms with Crippen molar-refractivity contribution in [2.75, 3.05) is 44.2 Å². The van der Waals surface area contributed by atoms with E-state index in [0.717, 1.165) is 38.3 Å². The van der Waals surface area contributed by atoms with Crippen LogP contribution in [0.1, 0.15) is 25.0 Å². The van der Waals surface area contributed by atoms with Crippen molar-refractivity contribution in [3.63, 3.8) is 0 Å². The average molecular weight is 396 g/mol. The molecule has 29 heavy (non-hydrogen) atoms. The molecule has 3 heterocycles. The number of piperazine rings is 1. The number of carbonyl (C=O) groups excluding carboxylic acids is 1. The lowest BCUT2D eigenvalue weighted by molar-refractivity contribution is -0.898. The van der Waals surface area contributed by atoms with Gasteiger partial charge in [-0.1, -0.05) is 6.07 Å². The minimum Gasteiger partial charge on any atom is -0.462 e. The minimum absolute atomic E-state index is 0.153. The van der Waals surface area contributed by atoms with Crippen LogP contribution in [-0.2, 0) is 9.53 Å².